The molecule has 0 saturated heterocycles. The predicted octanol–water partition coefficient (Wildman–Crippen LogP) is 1.65. The summed E-state index contributed by atoms with van der Waals surface area (Å²) in [5, 5.41) is 10.0. The Bertz CT molecular complexity index is 643. The zero-order chi connectivity index (χ0) is 14.7. The highest BCUT2D eigenvalue weighted by Gasteiger charge is 2.20. The van der Waals surface area contributed by atoms with Crippen LogP contribution in [0, 0.1) is 0 Å². The van der Waals surface area contributed by atoms with E-state index >= 15 is 0 Å². The molecule has 0 unspecified atom stereocenters. The number of nitrogens with zero attached hydrogens (tertiary/aromatic N) is 2. The van der Waals surface area contributed by atoms with Crippen LogP contribution in [0.2, 0.25) is 0 Å². The fourth-order valence-corrected chi connectivity index (χ4v) is 1.85. The number of nitrogen functional groups attached to an aromatic ring is 1. The van der Waals surface area contributed by atoms with Crippen LogP contribution >= 0.6 is 0 Å². The Balaban J connectivity index is 2.39. The van der Waals surface area contributed by atoms with E-state index in [1.165, 1.54) is 24.3 Å². The second-order valence-electron chi connectivity index (χ2n) is 4.16. The van der Waals surface area contributed by atoms with Gasteiger partial charge in [0.1, 0.15) is 0 Å². The molecule has 0 atom stereocenters. The molecule has 0 spiro atoms. The molecule has 1 heterocycles. The van der Waals surface area contributed by atoms with Gasteiger partial charge in [-0.15, -0.1) is 0 Å². The smallest absolute Gasteiger partial charge is 0.261 e. The summed E-state index contributed by atoms with van der Waals surface area (Å²) in [6.45, 7) is 0. The molecule has 0 aliphatic rings. The maximum absolute atomic E-state index is 12.4. The molecule has 3 N–H and O–H groups in total. The van der Waals surface area contributed by atoms with Crippen LogP contribution in [0.4, 0.5) is 11.4 Å². The van der Waals surface area contributed by atoms with E-state index in [1.807, 2.05) is 0 Å². The molecule has 1 amide bonds. The van der Waals surface area contributed by atoms with Gasteiger partial charge >= 0.3 is 0 Å². The molecular formula is C14H15N3O3. The molecule has 0 aliphatic carbocycles. The second-order valence-corrected chi connectivity index (χ2v) is 4.16. The van der Waals surface area contributed by atoms with Crippen molar-refractivity contribution in [2.75, 3.05) is 24.8 Å². The van der Waals surface area contributed by atoms with Crippen molar-refractivity contribution in [1.82, 2.24) is 4.98 Å². The second kappa shape index (κ2) is 5.48. The van der Waals surface area contributed by atoms with Crippen LogP contribution in [0.1, 0.15) is 10.4 Å². The fraction of sp³-hybridized carbons (Fsp3) is 0.143. The Morgan fingerprint density at radius 3 is 2.80 bits per heavy atom. The summed E-state index contributed by atoms with van der Waals surface area (Å²) in [6.07, 6.45) is 3.01. The van der Waals surface area contributed by atoms with Gasteiger partial charge in [-0.2, -0.15) is 0 Å². The van der Waals surface area contributed by atoms with Crippen LogP contribution < -0.4 is 15.4 Å². The van der Waals surface area contributed by atoms with E-state index in [9.17, 15) is 9.90 Å². The number of rotatable bonds is 3. The number of nitrogens with two attached hydrogens (primary N) is 1. The zero-order valence-corrected chi connectivity index (χ0v) is 11.2. The Morgan fingerprint density at radius 1 is 1.40 bits per heavy atom. The lowest BCUT2D eigenvalue weighted by atomic mass is 10.1. The molecule has 6 heteroatoms. The topological polar surface area (TPSA) is 88.7 Å². The standard InChI is InChI=1S/C14H15N3O3/c1-17(11-6-7-16-8-10(11)15)14(19)9-4-3-5-12(20-2)13(9)18/h3-8,18H,15H2,1-2H3. The van der Waals surface area contributed by atoms with Gasteiger partial charge in [-0.1, -0.05) is 6.07 Å². The van der Waals surface area contributed by atoms with Crippen LogP contribution in [0.5, 0.6) is 11.5 Å². The van der Waals surface area contributed by atoms with E-state index in [1.54, 1.807) is 31.4 Å². The van der Waals surface area contributed by atoms with E-state index in [0.717, 1.165) is 0 Å². The molecule has 20 heavy (non-hydrogen) atoms. The summed E-state index contributed by atoms with van der Waals surface area (Å²) < 4.78 is 4.99. The van der Waals surface area contributed by atoms with Gasteiger partial charge in [0.2, 0.25) is 0 Å². The number of ether oxygens (including phenoxy) is 1. The number of pyridine rings is 1. The van der Waals surface area contributed by atoms with Crippen LogP contribution in [-0.2, 0) is 0 Å². The number of phenolic OH excluding ortho intramolecular Hbond substituents is 1. The van der Waals surface area contributed by atoms with E-state index in [2.05, 4.69) is 4.98 Å². The number of aromatic hydroxyl groups is 1. The van der Waals surface area contributed by atoms with Crippen LogP contribution in [0.25, 0.3) is 0 Å². The predicted molar refractivity (Wildman–Crippen MR) is 76.0 cm³/mol. The summed E-state index contributed by atoms with van der Waals surface area (Å²) in [7, 11) is 3.00. The van der Waals surface area contributed by atoms with Crippen molar-refractivity contribution in [3.05, 3.63) is 42.2 Å². The number of methoxy groups -OCH3 is 1. The van der Waals surface area contributed by atoms with Crippen LogP contribution in [-0.4, -0.2) is 30.2 Å². The monoisotopic (exact) mass is 273 g/mol. The minimum atomic E-state index is -0.390. The molecule has 0 aliphatic heterocycles. The Hall–Kier alpha value is -2.76. The maximum atomic E-state index is 12.4. The summed E-state index contributed by atoms with van der Waals surface area (Å²) in [5.74, 6) is -0.342. The van der Waals surface area contributed by atoms with E-state index in [0.29, 0.717) is 11.4 Å². The zero-order valence-electron chi connectivity index (χ0n) is 11.2. The molecule has 2 rings (SSSR count). The average molecular weight is 273 g/mol. The molecule has 0 radical (unpaired) electrons. The van der Waals surface area contributed by atoms with Crippen LogP contribution in [0.15, 0.2) is 36.7 Å². The number of amides is 1. The fourth-order valence-electron chi connectivity index (χ4n) is 1.85. The maximum Gasteiger partial charge on any atom is 0.261 e. The third-order valence-corrected chi connectivity index (χ3v) is 2.94. The number of benzene rings is 1. The molecule has 1 aromatic carbocycles. The number of para-hydroxylation sites is 1. The lowest BCUT2D eigenvalue weighted by Crippen LogP contribution is -2.27. The number of hydrogen-bond donors (Lipinski definition) is 2. The van der Waals surface area contributed by atoms with Crippen molar-refractivity contribution < 1.29 is 14.6 Å². The summed E-state index contributed by atoms with van der Waals surface area (Å²) in [6, 6.07) is 6.36. The molecule has 0 saturated carbocycles. The molecule has 0 fully saturated rings. The van der Waals surface area contributed by atoms with Gasteiger partial charge in [0.25, 0.3) is 5.91 Å². The molecular weight excluding hydrogens is 258 g/mol. The van der Waals surface area contributed by atoms with Crippen molar-refractivity contribution >= 4 is 17.3 Å². The van der Waals surface area contributed by atoms with Crippen molar-refractivity contribution in [3.63, 3.8) is 0 Å². The third kappa shape index (κ3) is 2.35. The summed E-state index contributed by atoms with van der Waals surface area (Å²) in [4.78, 5) is 17.6. The number of hydrogen-bond acceptors (Lipinski definition) is 5. The largest absolute Gasteiger partial charge is 0.504 e. The van der Waals surface area contributed by atoms with Gasteiger partial charge in [-0.25, -0.2) is 0 Å². The quantitative estimate of drug-likeness (QED) is 0.887. The molecule has 0 bridgehead atoms. The van der Waals surface area contributed by atoms with E-state index < -0.39 is 0 Å². The first-order chi connectivity index (χ1) is 9.56. The lowest BCUT2D eigenvalue weighted by molar-refractivity contribution is 0.0990. The summed E-state index contributed by atoms with van der Waals surface area (Å²) in [5.41, 5.74) is 6.83. The summed E-state index contributed by atoms with van der Waals surface area (Å²) >= 11 is 0. The van der Waals surface area contributed by atoms with Crippen molar-refractivity contribution in [1.29, 1.82) is 0 Å². The van der Waals surface area contributed by atoms with Gasteiger partial charge < -0.3 is 20.5 Å². The average Bonchev–Trinajstić information content (AvgIpc) is 2.46. The normalized spacial score (nSPS) is 10.1. The first-order valence-electron chi connectivity index (χ1n) is 5.89. The highest BCUT2D eigenvalue weighted by molar-refractivity contribution is 6.09. The van der Waals surface area contributed by atoms with Gasteiger partial charge in [-0.3, -0.25) is 9.78 Å². The van der Waals surface area contributed by atoms with Gasteiger partial charge in [0, 0.05) is 13.2 Å². The molecule has 2 aromatic rings. The van der Waals surface area contributed by atoms with E-state index in [4.69, 9.17) is 10.5 Å². The lowest BCUT2D eigenvalue weighted by Gasteiger charge is -2.19. The Kier molecular flexibility index (Phi) is 3.74. The Morgan fingerprint density at radius 2 is 2.15 bits per heavy atom. The first kappa shape index (κ1) is 13.7. The van der Waals surface area contributed by atoms with Crippen molar-refractivity contribution in [2.24, 2.45) is 0 Å². The number of anilines is 2. The molecule has 6 nitrogen and oxygen atoms in total. The van der Waals surface area contributed by atoms with Crippen molar-refractivity contribution in [2.45, 2.75) is 0 Å². The molecule has 1 aromatic heterocycles. The van der Waals surface area contributed by atoms with Crippen LogP contribution in [0.3, 0.4) is 0 Å². The number of carbonyl (C=O) groups is 1. The number of phenols is 1. The minimum absolute atomic E-state index is 0.142. The van der Waals surface area contributed by atoms with Gasteiger partial charge in [-0.05, 0) is 18.2 Å². The number of carbonyl (C=O) groups excluding carboxylic acids is 1. The van der Waals surface area contributed by atoms with Gasteiger partial charge in [0.05, 0.1) is 30.2 Å². The highest BCUT2D eigenvalue weighted by Crippen LogP contribution is 2.31. The van der Waals surface area contributed by atoms with Gasteiger partial charge in [0.15, 0.2) is 11.5 Å². The third-order valence-electron chi connectivity index (χ3n) is 2.94. The molecule has 104 valence electrons. The first-order valence-corrected chi connectivity index (χ1v) is 5.89. The highest BCUT2D eigenvalue weighted by atomic mass is 16.5. The minimum Gasteiger partial charge on any atom is -0.504 e. The SMILES string of the molecule is COc1cccc(C(=O)N(C)c2ccncc2N)c1O. The van der Waals surface area contributed by atoms with Crippen molar-refractivity contribution in [3.8, 4) is 11.5 Å². The Labute approximate surface area is 116 Å². The van der Waals surface area contributed by atoms with E-state index in [-0.39, 0.29) is 23.0 Å². The number of aromatic nitrogens is 1.